The molecule has 0 spiro atoms. The number of aromatic nitrogens is 3. The number of furan rings is 3. The molecule has 82 heavy (non-hydrogen) atoms. The number of benzene rings is 3. The Bertz CT molecular complexity index is 3860. The Morgan fingerprint density at radius 1 is 0.451 bits per heavy atom. The van der Waals surface area contributed by atoms with Crippen molar-refractivity contribution < 1.29 is 61.4 Å². The number of anilines is 3. The number of carbonyl (C=O) groups excluding carboxylic acids is 3. The molecule has 21 nitrogen and oxygen atoms in total. The Hall–Kier alpha value is -7.47. The summed E-state index contributed by atoms with van der Waals surface area (Å²) in [7, 11) is -11.5. The summed E-state index contributed by atoms with van der Waals surface area (Å²) >= 11 is 3.68. The summed E-state index contributed by atoms with van der Waals surface area (Å²) in [5, 5.41) is 8.65. The van der Waals surface area contributed by atoms with Crippen molar-refractivity contribution in [1.82, 2.24) is 29.1 Å². The summed E-state index contributed by atoms with van der Waals surface area (Å²) in [5.74, 6) is 0.483. The molecule has 0 aliphatic carbocycles. The highest BCUT2D eigenvalue weighted by molar-refractivity contribution is 7.89. The second-order valence-electron chi connectivity index (χ2n) is 18.2. The zero-order valence-corrected chi connectivity index (χ0v) is 50.7. The van der Waals surface area contributed by atoms with E-state index in [1.807, 2.05) is 97.9 Å². The molecule has 3 aromatic carbocycles. The van der Waals surface area contributed by atoms with E-state index in [0.717, 1.165) is 16.7 Å². The molecule has 9 aromatic rings. The van der Waals surface area contributed by atoms with Crippen LogP contribution in [0.4, 0.5) is 15.4 Å². The Morgan fingerprint density at radius 3 is 1.01 bits per heavy atom. The fourth-order valence-corrected chi connectivity index (χ4v) is 14.3. The summed E-state index contributed by atoms with van der Waals surface area (Å²) in [6.07, 6.45) is 0.602. The summed E-state index contributed by atoms with van der Waals surface area (Å²) in [4.78, 5) is 48.3. The highest BCUT2D eigenvalue weighted by Crippen LogP contribution is 2.38. The third-order valence-electron chi connectivity index (χ3n) is 11.6. The quantitative estimate of drug-likeness (QED) is 0.0438. The number of nitrogens with one attached hydrogen (secondary N) is 6. The molecule has 0 saturated carbocycles. The van der Waals surface area contributed by atoms with Crippen LogP contribution in [0.3, 0.4) is 0 Å². The molecule has 9 rings (SSSR count). The molecule has 27 heteroatoms. The predicted octanol–water partition coefficient (Wildman–Crippen LogP) is 13.0. The van der Waals surface area contributed by atoms with Crippen molar-refractivity contribution in [2.24, 2.45) is 0 Å². The predicted molar refractivity (Wildman–Crippen MR) is 329 cm³/mol. The van der Waals surface area contributed by atoms with Gasteiger partial charge in [-0.2, -0.15) is 0 Å². The van der Waals surface area contributed by atoms with Crippen LogP contribution in [0.5, 0.6) is 0 Å². The molecular weight excluding hydrogens is 1170 g/mol. The van der Waals surface area contributed by atoms with Crippen molar-refractivity contribution in [2.75, 3.05) is 16.0 Å². The molecule has 6 aromatic heterocycles. The van der Waals surface area contributed by atoms with Crippen molar-refractivity contribution >= 4 is 97.2 Å². The molecular formula is C55H71N9O12S6. The number of nitrogens with zero attached hydrogens (tertiary/aromatic N) is 3. The fourth-order valence-electron chi connectivity index (χ4n) is 7.77. The molecule has 444 valence electrons. The molecule has 3 amide bonds. The number of thiazole rings is 3. The summed E-state index contributed by atoms with van der Waals surface area (Å²) < 4.78 is 101. The van der Waals surface area contributed by atoms with Gasteiger partial charge in [0.25, 0.3) is 30.1 Å². The van der Waals surface area contributed by atoms with Gasteiger partial charge in [-0.3, -0.25) is 14.4 Å². The minimum atomic E-state index is -3.83. The lowest BCUT2D eigenvalue weighted by molar-refractivity contribution is -0.115. The second kappa shape index (κ2) is 27.1. The van der Waals surface area contributed by atoms with E-state index in [1.54, 1.807) is 52.8 Å². The Morgan fingerprint density at radius 2 is 0.732 bits per heavy atom. The molecule has 3 atom stereocenters. The van der Waals surface area contributed by atoms with Gasteiger partial charge in [0, 0.05) is 47.5 Å². The van der Waals surface area contributed by atoms with Crippen molar-refractivity contribution in [2.45, 2.75) is 102 Å². The van der Waals surface area contributed by atoms with E-state index >= 15 is 0 Å². The first-order chi connectivity index (χ1) is 38.8. The first kappa shape index (κ1) is 62.1. The Balaban J connectivity index is 0.000000638. The van der Waals surface area contributed by atoms with Gasteiger partial charge in [0.2, 0.25) is 33.0 Å². The van der Waals surface area contributed by atoms with Crippen LogP contribution < -0.4 is 30.1 Å². The summed E-state index contributed by atoms with van der Waals surface area (Å²) in [5.41, 5.74) is 4.53. The number of carbonyl (C=O) groups is 3. The zero-order valence-electron chi connectivity index (χ0n) is 45.8. The van der Waals surface area contributed by atoms with Crippen LogP contribution in [0.2, 0.25) is 0 Å². The minimum Gasteiger partial charge on any atom is -0.442 e. The van der Waals surface area contributed by atoms with Crippen LogP contribution in [-0.4, -0.2) is 57.9 Å². The maximum atomic E-state index is 12.8. The largest absolute Gasteiger partial charge is 0.442 e. The van der Waals surface area contributed by atoms with Gasteiger partial charge in [-0.1, -0.05) is 132 Å². The third kappa shape index (κ3) is 16.4. The van der Waals surface area contributed by atoms with Crippen molar-refractivity contribution in [3.05, 3.63) is 161 Å². The molecule has 0 saturated heterocycles. The lowest BCUT2D eigenvalue weighted by Gasteiger charge is -2.16. The third-order valence-corrected chi connectivity index (χ3v) is 19.1. The normalized spacial score (nSPS) is 12.7. The number of aryl methyl sites for hydroxylation is 3. The molecule has 0 bridgehead atoms. The van der Waals surface area contributed by atoms with E-state index < -0.39 is 42.2 Å². The number of rotatable bonds is 19. The molecule has 0 aliphatic rings. The molecule has 0 unspecified atom stereocenters. The van der Waals surface area contributed by atoms with Crippen LogP contribution >= 0.6 is 34.0 Å². The molecule has 6 N–H and O–H groups in total. The van der Waals surface area contributed by atoms with Gasteiger partial charge in [0.05, 0.1) is 31.7 Å². The first-order valence-corrected chi connectivity index (χ1v) is 32.0. The van der Waals surface area contributed by atoms with Gasteiger partial charge in [-0.15, -0.1) is 0 Å². The Labute approximate surface area is 496 Å². The summed E-state index contributed by atoms with van der Waals surface area (Å²) in [6, 6.07) is 35.8. The maximum Gasteiger partial charge on any atom is 0.274 e. The van der Waals surface area contributed by atoms with E-state index in [0.29, 0.717) is 70.8 Å². The topological polar surface area (TPSA) is 304 Å². The smallest absolute Gasteiger partial charge is 0.274 e. The zero-order chi connectivity index (χ0) is 59.5. The van der Waals surface area contributed by atoms with Gasteiger partial charge < -0.3 is 29.2 Å². The fraction of sp³-hybridized carbons (Fsp3) is 0.236. The Kier molecular flexibility index (Phi) is 20.5. The lowest BCUT2D eigenvalue weighted by atomic mass is 10.1. The van der Waals surface area contributed by atoms with Crippen molar-refractivity contribution in [3.8, 4) is 31.9 Å². The van der Waals surface area contributed by atoms with Crippen LogP contribution in [0.15, 0.2) is 156 Å². The van der Waals surface area contributed by atoms with Crippen LogP contribution in [0.25, 0.3) is 31.9 Å². The minimum absolute atomic E-state index is 0. The van der Waals surface area contributed by atoms with Crippen molar-refractivity contribution in [1.29, 1.82) is 0 Å². The lowest BCUT2D eigenvalue weighted by Crippen LogP contribution is -2.28. The van der Waals surface area contributed by atoms with Gasteiger partial charge in [-0.05, 0) is 94.1 Å². The van der Waals surface area contributed by atoms with Gasteiger partial charge >= 0.3 is 0 Å². The average Bonchev–Trinajstić information content (AvgIpc) is 3.19. The average molecular weight is 1240 g/mol. The van der Waals surface area contributed by atoms with E-state index in [-0.39, 0.29) is 47.6 Å². The number of hydrogen-bond donors (Lipinski definition) is 6. The van der Waals surface area contributed by atoms with Gasteiger partial charge in [0.1, 0.15) is 17.3 Å². The van der Waals surface area contributed by atoms with Gasteiger partial charge in [-0.25, -0.2) is 54.4 Å². The molecule has 0 aliphatic heterocycles. The molecule has 0 fully saturated rings. The molecule has 0 radical (unpaired) electrons. The number of amides is 3. The highest BCUT2D eigenvalue weighted by Gasteiger charge is 2.28. The van der Waals surface area contributed by atoms with E-state index in [9.17, 15) is 39.6 Å². The second-order valence-corrected chi connectivity index (χ2v) is 26.1. The van der Waals surface area contributed by atoms with E-state index in [1.165, 1.54) is 73.0 Å². The summed E-state index contributed by atoms with van der Waals surface area (Å²) in [6.45, 7) is 14.9. The van der Waals surface area contributed by atoms with Crippen LogP contribution in [0.1, 0.15) is 108 Å². The maximum absolute atomic E-state index is 12.8. The van der Waals surface area contributed by atoms with Gasteiger partial charge in [0.15, 0.2) is 15.4 Å². The monoisotopic (exact) mass is 1240 g/mol. The standard InChI is InChI=1S/C19H21N3O4S2.2C18H19N3O4S2.6H2/c1-4-15(14-8-6-5-7-9-14)22-28(24,25)17-11-10-16(26-17)18-12(2)20-19(27-18)21-13(3)23;2*1-11(14-7-5-4-6-8-14)21-27(23,24)16-10-9-15(25-16)17-12(2)19-18(26-17)20-13(3)22;;;;;;/h5-11,15,22H,4H2,1-3H3,(H,20,21,23);2*4-11,21H,1-3H3,(H,19,20,22);6*1H/t15-;2*11-;;;;;;/m010....../s1. The SMILES string of the molecule is CC(=O)Nc1nc(C)c(-c2ccc(S(=O)(=O)N[C@@H](C)c3ccccc3)o2)s1.CC(=O)Nc1nc(C)c(-c2ccc(S(=O)(=O)N[C@H](C)c3ccccc3)o2)s1.CC[C@H](NS(=O)(=O)c1ccc(-c2sc(NC(C)=O)nc2C)o1)c1ccccc1.[HH].[HH].[HH].[HH].[HH].[HH]. The number of sulfonamides is 3. The van der Waals surface area contributed by atoms with E-state index in [4.69, 9.17) is 13.3 Å². The van der Waals surface area contributed by atoms with Crippen LogP contribution in [0, 0.1) is 20.8 Å². The first-order valence-electron chi connectivity index (χ1n) is 25.1. The van der Waals surface area contributed by atoms with Crippen molar-refractivity contribution in [3.63, 3.8) is 0 Å². The number of hydrogen-bond acceptors (Lipinski definition) is 18. The van der Waals surface area contributed by atoms with Crippen LogP contribution in [-0.2, 0) is 44.5 Å². The molecule has 6 heterocycles. The van der Waals surface area contributed by atoms with E-state index in [2.05, 4.69) is 45.1 Å². The highest BCUT2D eigenvalue weighted by atomic mass is 32.2.